The number of carbonyl (C=O) groups is 2. The lowest BCUT2D eigenvalue weighted by Gasteiger charge is -2.31. The summed E-state index contributed by atoms with van der Waals surface area (Å²) in [5, 5.41) is 2.97. The van der Waals surface area contributed by atoms with E-state index in [0.29, 0.717) is 24.6 Å². The van der Waals surface area contributed by atoms with Crippen molar-refractivity contribution in [3.05, 3.63) is 71.1 Å². The molecule has 0 radical (unpaired) electrons. The van der Waals surface area contributed by atoms with Gasteiger partial charge in [0.15, 0.2) is 0 Å². The lowest BCUT2D eigenvalue weighted by Crippen LogP contribution is -2.43. The van der Waals surface area contributed by atoms with Crippen LogP contribution in [-0.4, -0.2) is 29.8 Å². The van der Waals surface area contributed by atoms with Crippen molar-refractivity contribution in [3.63, 3.8) is 0 Å². The molecular formula is C24H22N2O3S. The average Bonchev–Trinajstić information content (AvgIpc) is 3.24. The predicted octanol–water partition coefficient (Wildman–Crippen LogP) is 4.80. The Kier molecular flexibility index (Phi) is 5.01. The Morgan fingerprint density at radius 1 is 1.07 bits per heavy atom. The highest BCUT2D eigenvalue weighted by Crippen LogP contribution is 2.42. The van der Waals surface area contributed by atoms with Crippen molar-refractivity contribution >= 4 is 28.8 Å². The molecule has 0 saturated carbocycles. The number of likely N-dealkylation sites (tertiary alicyclic amines) is 1. The molecule has 0 bridgehead atoms. The van der Waals surface area contributed by atoms with Crippen molar-refractivity contribution in [1.29, 1.82) is 0 Å². The summed E-state index contributed by atoms with van der Waals surface area (Å²) in [5.74, 6) is 0.651. The third kappa shape index (κ3) is 3.59. The van der Waals surface area contributed by atoms with Gasteiger partial charge in [0, 0.05) is 34.8 Å². The van der Waals surface area contributed by atoms with E-state index in [2.05, 4.69) is 5.32 Å². The maximum absolute atomic E-state index is 13.2. The third-order valence-corrected chi connectivity index (χ3v) is 6.85. The second-order valence-electron chi connectivity index (χ2n) is 7.70. The van der Waals surface area contributed by atoms with Crippen LogP contribution in [0.2, 0.25) is 0 Å². The maximum Gasteiger partial charge on any atom is 0.263 e. The first-order valence-corrected chi connectivity index (χ1v) is 11.0. The predicted molar refractivity (Wildman–Crippen MR) is 118 cm³/mol. The number of piperidine rings is 1. The monoisotopic (exact) mass is 418 g/mol. The zero-order valence-electron chi connectivity index (χ0n) is 16.5. The Balaban J connectivity index is 1.31. The fourth-order valence-electron chi connectivity index (χ4n) is 4.10. The summed E-state index contributed by atoms with van der Waals surface area (Å²) < 4.78 is 5.82. The molecular weight excluding hydrogens is 396 g/mol. The van der Waals surface area contributed by atoms with E-state index < -0.39 is 0 Å². The molecule has 0 spiro atoms. The molecule has 5 rings (SSSR count). The molecule has 5 nitrogen and oxygen atoms in total. The van der Waals surface area contributed by atoms with E-state index in [1.165, 1.54) is 11.3 Å². The molecule has 3 heterocycles. The second kappa shape index (κ2) is 7.95. The van der Waals surface area contributed by atoms with Gasteiger partial charge < -0.3 is 15.0 Å². The summed E-state index contributed by atoms with van der Waals surface area (Å²) in [6, 6.07) is 19.3. The SMILES string of the molecule is O=C(Nc1ccccc1)C1CCCN(C(=O)c2cc3c(s2)-c2ccccc2OC3)C1. The minimum absolute atomic E-state index is 0.00379. The van der Waals surface area contributed by atoms with Gasteiger partial charge in [-0.15, -0.1) is 11.3 Å². The molecule has 6 heteroatoms. The Morgan fingerprint density at radius 2 is 1.87 bits per heavy atom. The number of para-hydroxylation sites is 2. The lowest BCUT2D eigenvalue weighted by molar-refractivity contribution is -0.121. The maximum atomic E-state index is 13.2. The average molecular weight is 419 g/mol. The molecule has 1 N–H and O–H groups in total. The number of rotatable bonds is 3. The van der Waals surface area contributed by atoms with E-state index in [4.69, 9.17) is 4.74 Å². The van der Waals surface area contributed by atoms with Gasteiger partial charge in [-0.2, -0.15) is 0 Å². The van der Waals surface area contributed by atoms with Gasteiger partial charge in [0.25, 0.3) is 5.91 Å². The number of benzene rings is 2. The van der Waals surface area contributed by atoms with E-state index in [1.54, 1.807) is 0 Å². The number of thiophene rings is 1. The minimum atomic E-state index is -0.193. The number of nitrogens with one attached hydrogen (secondary N) is 1. The molecule has 2 aromatic carbocycles. The summed E-state index contributed by atoms with van der Waals surface area (Å²) >= 11 is 1.52. The zero-order valence-corrected chi connectivity index (χ0v) is 17.3. The van der Waals surface area contributed by atoms with Crippen LogP contribution in [-0.2, 0) is 11.4 Å². The fourth-order valence-corrected chi connectivity index (χ4v) is 5.27. The zero-order chi connectivity index (χ0) is 20.5. The number of carbonyl (C=O) groups excluding carboxylic acids is 2. The van der Waals surface area contributed by atoms with Crippen LogP contribution in [0.5, 0.6) is 5.75 Å². The van der Waals surface area contributed by atoms with Crippen LogP contribution in [0.15, 0.2) is 60.7 Å². The Hall–Kier alpha value is -3.12. The molecule has 3 aromatic rings. The summed E-state index contributed by atoms with van der Waals surface area (Å²) in [6.45, 7) is 1.62. The van der Waals surface area contributed by atoms with Gasteiger partial charge in [0.05, 0.1) is 10.8 Å². The van der Waals surface area contributed by atoms with Crippen LogP contribution in [0, 0.1) is 5.92 Å². The van der Waals surface area contributed by atoms with E-state index in [-0.39, 0.29) is 17.7 Å². The quantitative estimate of drug-likeness (QED) is 0.665. The van der Waals surface area contributed by atoms with Crippen molar-refractivity contribution in [3.8, 4) is 16.2 Å². The van der Waals surface area contributed by atoms with Gasteiger partial charge >= 0.3 is 0 Å². The Morgan fingerprint density at radius 3 is 2.73 bits per heavy atom. The van der Waals surface area contributed by atoms with Gasteiger partial charge in [-0.1, -0.05) is 30.3 Å². The first-order chi connectivity index (χ1) is 14.7. The number of fused-ring (bicyclic) bond motifs is 3. The molecule has 1 saturated heterocycles. The smallest absolute Gasteiger partial charge is 0.263 e. The van der Waals surface area contributed by atoms with Crippen LogP contribution in [0.3, 0.4) is 0 Å². The van der Waals surface area contributed by atoms with E-state index in [9.17, 15) is 9.59 Å². The van der Waals surface area contributed by atoms with E-state index in [1.807, 2.05) is 65.6 Å². The number of ether oxygens (including phenoxy) is 1. The number of nitrogens with zero attached hydrogens (tertiary/aromatic N) is 1. The summed E-state index contributed by atoms with van der Waals surface area (Å²) in [4.78, 5) is 29.6. The summed E-state index contributed by atoms with van der Waals surface area (Å²) in [6.07, 6.45) is 1.63. The molecule has 152 valence electrons. The van der Waals surface area contributed by atoms with Crippen molar-refractivity contribution < 1.29 is 14.3 Å². The second-order valence-corrected chi connectivity index (χ2v) is 8.75. The molecule has 0 aliphatic carbocycles. The highest BCUT2D eigenvalue weighted by Gasteiger charge is 2.31. The molecule has 2 amide bonds. The summed E-state index contributed by atoms with van der Waals surface area (Å²) in [7, 11) is 0. The van der Waals surface area contributed by atoms with Crippen molar-refractivity contribution in [2.75, 3.05) is 18.4 Å². The fraction of sp³-hybridized carbons (Fsp3) is 0.250. The van der Waals surface area contributed by atoms with Crippen LogP contribution < -0.4 is 10.1 Å². The normalized spacial score (nSPS) is 17.5. The third-order valence-electron chi connectivity index (χ3n) is 5.66. The molecule has 2 aliphatic rings. The Bertz CT molecular complexity index is 1090. The molecule has 2 aliphatic heterocycles. The molecule has 1 fully saturated rings. The van der Waals surface area contributed by atoms with Gasteiger partial charge in [0.2, 0.25) is 5.91 Å². The van der Waals surface area contributed by atoms with Gasteiger partial charge in [0.1, 0.15) is 12.4 Å². The van der Waals surface area contributed by atoms with Crippen LogP contribution in [0.4, 0.5) is 5.69 Å². The first kappa shape index (κ1) is 18.9. The van der Waals surface area contributed by atoms with Crippen molar-refractivity contribution in [2.45, 2.75) is 19.4 Å². The number of hydrogen-bond donors (Lipinski definition) is 1. The van der Waals surface area contributed by atoms with Gasteiger partial charge in [-0.05, 0) is 43.2 Å². The van der Waals surface area contributed by atoms with Gasteiger partial charge in [-0.3, -0.25) is 9.59 Å². The number of anilines is 1. The lowest BCUT2D eigenvalue weighted by atomic mass is 9.96. The van der Waals surface area contributed by atoms with Crippen LogP contribution in [0.1, 0.15) is 28.1 Å². The van der Waals surface area contributed by atoms with Crippen LogP contribution >= 0.6 is 11.3 Å². The Labute approximate surface area is 179 Å². The minimum Gasteiger partial charge on any atom is -0.488 e. The van der Waals surface area contributed by atoms with Crippen molar-refractivity contribution in [1.82, 2.24) is 4.90 Å². The largest absolute Gasteiger partial charge is 0.488 e. The van der Waals surface area contributed by atoms with Crippen molar-refractivity contribution in [2.24, 2.45) is 5.92 Å². The van der Waals surface area contributed by atoms with E-state index in [0.717, 1.165) is 40.3 Å². The number of amides is 2. The van der Waals surface area contributed by atoms with E-state index >= 15 is 0 Å². The van der Waals surface area contributed by atoms with Gasteiger partial charge in [-0.25, -0.2) is 0 Å². The first-order valence-electron chi connectivity index (χ1n) is 10.2. The number of hydrogen-bond acceptors (Lipinski definition) is 4. The standard InChI is InChI=1S/C24H22N2O3S/c27-23(25-18-8-2-1-3-9-18)16-7-6-12-26(14-16)24(28)21-13-17-15-29-20-11-5-4-10-19(20)22(17)30-21/h1-5,8-11,13,16H,6-7,12,14-15H2,(H,25,27). The molecule has 1 unspecified atom stereocenters. The highest BCUT2D eigenvalue weighted by atomic mass is 32.1. The highest BCUT2D eigenvalue weighted by molar-refractivity contribution is 7.17. The topological polar surface area (TPSA) is 58.6 Å². The van der Waals surface area contributed by atoms with Crippen LogP contribution in [0.25, 0.3) is 10.4 Å². The molecule has 1 atom stereocenters. The molecule has 1 aromatic heterocycles. The molecule has 30 heavy (non-hydrogen) atoms. The summed E-state index contributed by atoms with van der Waals surface area (Å²) in [5.41, 5.74) is 2.88.